The highest BCUT2D eigenvalue weighted by Gasteiger charge is 2.54. The molecule has 4 fully saturated rings. The minimum atomic E-state index is -3.39. The molecule has 30 heavy (non-hydrogen) atoms. The molecular formula is C21H38O8Si. The summed E-state index contributed by atoms with van der Waals surface area (Å²) in [7, 11) is -3.39. The number of epoxide rings is 1. The molecule has 0 saturated carbocycles. The SMILES string of the molecule is CCC1(CO[Si](OCC2CO2)(OCC2(CC)COC2)OCC2(CC)COC2)COC1. The van der Waals surface area contributed by atoms with Gasteiger partial charge in [0.2, 0.25) is 0 Å². The van der Waals surface area contributed by atoms with E-state index in [0.29, 0.717) is 66.1 Å². The highest BCUT2D eigenvalue weighted by molar-refractivity contribution is 6.53. The average molecular weight is 447 g/mol. The third kappa shape index (κ3) is 5.10. The number of rotatable bonds is 15. The quantitative estimate of drug-likeness (QED) is 0.280. The largest absolute Gasteiger partial charge is 0.679 e. The molecule has 4 rings (SSSR count). The standard InChI is InChI=1S/C21H38O8Si/c1-4-19(9-22-10-19)15-27-30(26-8-18-7-25-18,28-16-20(5-2)11-23-12-20)29-17-21(6-3)13-24-14-21/h18H,4-17H2,1-3H3. The topological polar surface area (TPSA) is 77.1 Å². The Kier molecular flexibility index (Phi) is 7.23. The van der Waals surface area contributed by atoms with E-state index in [1.165, 1.54) is 0 Å². The van der Waals surface area contributed by atoms with E-state index in [1.807, 2.05) is 0 Å². The Morgan fingerprint density at radius 3 is 1.27 bits per heavy atom. The second kappa shape index (κ2) is 9.41. The normalized spacial score (nSPS) is 28.3. The van der Waals surface area contributed by atoms with Crippen molar-refractivity contribution in [1.29, 1.82) is 0 Å². The number of ether oxygens (including phenoxy) is 4. The molecular weight excluding hydrogens is 408 g/mol. The molecule has 9 heteroatoms. The minimum Gasteiger partial charge on any atom is -0.380 e. The van der Waals surface area contributed by atoms with Gasteiger partial charge in [-0.3, -0.25) is 0 Å². The third-order valence-electron chi connectivity index (χ3n) is 7.21. The fourth-order valence-corrected chi connectivity index (χ4v) is 6.01. The highest BCUT2D eigenvalue weighted by Crippen LogP contribution is 2.37. The maximum absolute atomic E-state index is 6.48. The first-order valence-corrected chi connectivity index (χ1v) is 13.0. The Labute approximate surface area is 181 Å². The summed E-state index contributed by atoms with van der Waals surface area (Å²) >= 11 is 0. The zero-order valence-electron chi connectivity index (χ0n) is 18.7. The number of hydrogen-bond acceptors (Lipinski definition) is 8. The fourth-order valence-electron chi connectivity index (χ4n) is 3.67. The van der Waals surface area contributed by atoms with Gasteiger partial charge in [0.05, 0.1) is 72.7 Å². The maximum atomic E-state index is 6.48. The molecule has 0 amide bonds. The number of hydrogen-bond donors (Lipinski definition) is 0. The predicted molar refractivity (Wildman–Crippen MR) is 110 cm³/mol. The summed E-state index contributed by atoms with van der Waals surface area (Å²) in [6, 6.07) is 0. The van der Waals surface area contributed by atoms with Crippen LogP contribution in [0.4, 0.5) is 0 Å². The molecule has 4 saturated heterocycles. The summed E-state index contributed by atoms with van der Waals surface area (Å²) in [5, 5.41) is 0. The second-order valence-corrected chi connectivity index (χ2v) is 11.8. The smallest absolute Gasteiger partial charge is 0.380 e. The van der Waals surface area contributed by atoms with E-state index < -0.39 is 9.05 Å². The fraction of sp³-hybridized carbons (Fsp3) is 1.00. The average Bonchev–Trinajstić information content (AvgIpc) is 3.49. The van der Waals surface area contributed by atoms with Crippen LogP contribution in [0.25, 0.3) is 0 Å². The molecule has 0 aromatic rings. The summed E-state index contributed by atoms with van der Waals surface area (Å²) < 4.78 is 47.5. The molecule has 0 N–H and O–H groups in total. The van der Waals surface area contributed by atoms with Crippen molar-refractivity contribution < 1.29 is 36.7 Å². The van der Waals surface area contributed by atoms with Crippen LogP contribution in [-0.2, 0) is 36.7 Å². The van der Waals surface area contributed by atoms with Gasteiger partial charge in [-0.05, 0) is 19.3 Å². The van der Waals surface area contributed by atoms with E-state index in [1.54, 1.807) is 0 Å². The Balaban J connectivity index is 1.46. The van der Waals surface area contributed by atoms with Crippen molar-refractivity contribution in [3.8, 4) is 0 Å². The molecule has 4 aliphatic rings. The van der Waals surface area contributed by atoms with Crippen LogP contribution in [0.2, 0.25) is 0 Å². The van der Waals surface area contributed by atoms with Gasteiger partial charge in [0.1, 0.15) is 6.10 Å². The molecule has 0 radical (unpaired) electrons. The van der Waals surface area contributed by atoms with Gasteiger partial charge in [-0.1, -0.05) is 20.8 Å². The Morgan fingerprint density at radius 2 is 1.03 bits per heavy atom. The molecule has 0 aromatic carbocycles. The monoisotopic (exact) mass is 446 g/mol. The lowest BCUT2D eigenvalue weighted by Gasteiger charge is -2.46. The van der Waals surface area contributed by atoms with Crippen LogP contribution in [0.5, 0.6) is 0 Å². The van der Waals surface area contributed by atoms with E-state index in [-0.39, 0.29) is 22.3 Å². The van der Waals surface area contributed by atoms with Crippen LogP contribution in [0, 0.1) is 16.2 Å². The molecule has 4 aliphatic heterocycles. The lowest BCUT2D eigenvalue weighted by Crippen LogP contribution is -2.59. The lowest BCUT2D eigenvalue weighted by atomic mass is 9.84. The van der Waals surface area contributed by atoms with Crippen LogP contribution in [0.3, 0.4) is 0 Å². The van der Waals surface area contributed by atoms with Gasteiger partial charge in [0, 0.05) is 16.2 Å². The summed E-state index contributed by atoms with van der Waals surface area (Å²) in [5.74, 6) is 0. The molecule has 0 aromatic heterocycles. The van der Waals surface area contributed by atoms with Crippen LogP contribution in [0.1, 0.15) is 40.0 Å². The molecule has 1 unspecified atom stereocenters. The van der Waals surface area contributed by atoms with Crippen molar-refractivity contribution >= 4 is 9.05 Å². The molecule has 4 heterocycles. The van der Waals surface area contributed by atoms with Gasteiger partial charge < -0.3 is 36.7 Å². The molecule has 8 nitrogen and oxygen atoms in total. The van der Waals surface area contributed by atoms with Crippen molar-refractivity contribution in [3.63, 3.8) is 0 Å². The summed E-state index contributed by atoms with van der Waals surface area (Å²) in [5.41, 5.74) is 0.0668. The van der Waals surface area contributed by atoms with Gasteiger partial charge >= 0.3 is 9.05 Å². The molecule has 174 valence electrons. The van der Waals surface area contributed by atoms with Crippen molar-refractivity contribution in [1.82, 2.24) is 0 Å². The van der Waals surface area contributed by atoms with Gasteiger partial charge in [0.25, 0.3) is 0 Å². The summed E-state index contributed by atoms with van der Waals surface area (Å²) in [6.07, 6.45) is 3.08. The Bertz CT molecular complexity index is 476. The first-order valence-electron chi connectivity index (χ1n) is 11.4. The summed E-state index contributed by atoms with van der Waals surface area (Å²) in [6.45, 7) is 13.5. The van der Waals surface area contributed by atoms with Gasteiger partial charge in [-0.25, -0.2) is 0 Å². The highest BCUT2D eigenvalue weighted by atomic mass is 28.4. The molecule has 0 aliphatic carbocycles. The van der Waals surface area contributed by atoms with Gasteiger partial charge in [0.15, 0.2) is 0 Å². The second-order valence-electron chi connectivity index (χ2n) is 9.67. The lowest BCUT2D eigenvalue weighted by molar-refractivity contribution is -0.184. The Hall–Kier alpha value is -0.103. The first-order chi connectivity index (χ1) is 14.5. The van der Waals surface area contributed by atoms with Crippen LogP contribution in [0.15, 0.2) is 0 Å². The zero-order chi connectivity index (χ0) is 21.1. The van der Waals surface area contributed by atoms with E-state index in [2.05, 4.69) is 20.8 Å². The van der Waals surface area contributed by atoms with Gasteiger partial charge in [-0.2, -0.15) is 0 Å². The zero-order valence-corrected chi connectivity index (χ0v) is 19.7. The summed E-state index contributed by atoms with van der Waals surface area (Å²) in [4.78, 5) is 0. The molecule has 1 atom stereocenters. The van der Waals surface area contributed by atoms with E-state index in [0.717, 1.165) is 25.9 Å². The van der Waals surface area contributed by atoms with Gasteiger partial charge in [-0.15, -0.1) is 0 Å². The van der Waals surface area contributed by atoms with E-state index in [4.69, 9.17) is 36.7 Å². The van der Waals surface area contributed by atoms with Crippen molar-refractivity contribution in [3.05, 3.63) is 0 Å². The van der Waals surface area contributed by atoms with Crippen molar-refractivity contribution in [2.24, 2.45) is 16.2 Å². The third-order valence-corrected chi connectivity index (χ3v) is 9.23. The van der Waals surface area contributed by atoms with Crippen LogP contribution < -0.4 is 0 Å². The first kappa shape index (κ1) is 23.1. The van der Waals surface area contributed by atoms with E-state index in [9.17, 15) is 0 Å². The predicted octanol–water partition coefficient (Wildman–Crippen LogP) is 2.17. The molecule has 0 spiro atoms. The minimum absolute atomic E-state index is 0.0223. The van der Waals surface area contributed by atoms with Crippen LogP contribution in [-0.4, -0.2) is 87.8 Å². The maximum Gasteiger partial charge on any atom is 0.679 e. The van der Waals surface area contributed by atoms with E-state index >= 15 is 0 Å². The Morgan fingerprint density at radius 1 is 0.667 bits per heavy atom. The molecule has 0 bridgehead atoms. The van der Waals surface area contributed by atoms with Crippen LogP contribution >= 0.6 is 0 Å². The van der Waals surface area contributed by atoms with Crippen molar-refractivity contribution in [2.45, 2.75) is 46.1 Å². The van der Waals surface area contributed by atoms with Crippen molar-refractivity contribution in [2.75, 3.05) is 72.7 Å².